The van der Waals surface area contributed by atoms with E-state index >= 15 is 0 Å². The largest absolute Gasteiger partial charge is 0.296 e. The van der Waals surface area contributed by atoms with E-state index in [1.807, 2.05) is 25.1 Å². The maximum atomic E-state index is 4.53. The molecule has 1 aromatic carbocycles. The molecular weight excluding hydrogens is 234 g/mol. The lowest BCUT2D eigenvalue weighted by molar-refractivity contribution is 0.827. The van der Waals surface area contributed by atoms with Crippen molar-refractivity contribution in [3.8, 4) is 0 Å². The Hall–Kier alpha value is -2.29. The molecule has 0 spiro atoms. The number of hydrogen-bond acceptors (Lipinski definition) is 3. The van der Waals surface area contributed by atoms with Gasteiger partial charge in [0.1, 0.15) is 5.82 Å². The molecule has 1 aliphatic rings. The number of benzene rings is 1. The monoisotopic (exact) mass is 251 g/mol. The van der Waals surface area contributed by atoms with Gasteiger partial charge in [0.25, 0.3) is 0 Å². The minimum Gasteiger partial charge on any atom is -0.296 e. The van der Waals surface area contributed by atoms with Crippen molar-refractivity contribution in [2.45, 2.75) is 13.8 Å². The fraction of sp³-hybridized carbons (Fsp3) is 0.188. The summed E-state index contributed by atoms with van der Waals surface area (Å²) in [6.07, 6.45) is 2.19. The normalized spacial score (nSPS) is 14.2. The van der Waals surface area contributed by atoms with Gasteiger partial charge < -0.3 is 0 Å². The summed E-state index contributed by atoms with van der Waals surface area (Å²) in [6, 6.07) is 14.6. The van der Waals surface area contributed by atoms with Crippen molar-refractivity contribution in [3.05, 3.63) is 65.4 Å². The zero-order chi connectivity index (χ0) is 13.2. The van der Waals surface area contributed by atoms with Crippen LogP contribution in [-0.2, 0) is 0 Å². The number of anilines is 1. The quantitative estimate of drug-likeness (QED) is 0.889. The van der Waals surface area contributed by atoms with E-state index in [9.17, 15) is 0 Å². The molecule has 1 N–H and O–H groups in total. The molecule has 19 heavy (non-hydrogen) atoms. The molecule has 0 atom stereocenters. The Kier molecular flexibility index (Phi) is 2.95. The van der Waals surface area contributed by atoms with E-state index in [1.54, 1.807) is 0 Å². The highest BCUT2D eigenvalue weighted by Gasteiger charge is 2.15. The Morgan fingerprint density at radius 2 is 1.84 bits per heavy atom. The van der Waals surface area contributed by atoms with Crippen LogP contribution in [0.25, 0.3) is 5.70 Å². The molecule has 0 bridgehead atoms. The number of nitrogens with zero attached hydrogens (tertiary/aromatic N) is 2. The predicted octanol–water partition coefficient (Wildman–Crippen LogP) is 3.06. The van der Waals surface area contributed by atoms with E-state index in [2.05, 4.69) is 52.7 Å². The molecule has 0 aliphatic carbocycles. The van der Waals surface area contributed by atoms with Crippen LogP contribution in [0.1, 0.15) is 16.8 Å². The zero-order valence-electron chi connectivity index (χ0n) is 11.2. The van der Waals surface area contributed by atoms with Gasteiger partial charge in [0.2, 0.25) is 0 Å². The van der Waals surface area contributed by atoms with Crippen molar-refractivity contribution in [1.29, 1.82) is 0 Å². The fourth-order valence-corrected chi connectivity index (χ4v) is 2.16. The lowest BCUT2D eigenvalue weighted by atomic mass is 10.1. The van der Waals surface area contributed by atoms with Gasteiger partial charge in [-0.3, -0.25) is 10.4 Å². The number of aryl methyl sites for hydroxylation is 2. The molecule has 3 nitrogen and oxygen atoms in total. The summed E-state index contributed by atoms with van der Waals surface area (Å²) >= 11 is 0. The first-order valence-electron chi connectivity index (χ1n) is 6.47. The summed E-state index contributed by atoms with van der Waals surface area (Å²) in [5.41, 5.74) is 8.06. The van der Waals surface area contributed by atoms with Crippen molar-refractivity contribution >= 4 is 11.5 Å². The lowest BCUT2D eigenvalue weighted by Gasteiger charge is -2.19. The smallest absolute Gasteiger partial charge is 0.147 e. The van der Waals surface area contributed by atoms with Gasteiger partial charge >= 0.3 is 0 Å². The molecule has 3 heteroatoms. The Labute approximate surface area is 113 Å². The maximum absolute atomic E-state index is 4.53. The molecule has 1 aliphatic heterocycles. The van der Waals surface area contributed by atoms with E-state index in [0.29, 0.717) is 0 Å². The van der Waals surface area contributed by atoms with Crippen molar-refractivity contribution in [1.82, 2.24) is 10.4 Å². The molecule has 2 heterocycles. The lowest BCUT2D eigenvalue weighted by Crippen LogP contribution is -2.32. The first kappa shape index (κ1) is 11.8. The average Bonchev–Trinajstić information content (AvgIpc) is 2.89. The SMILES string of the molecule is Cc1ccc(C2=CCN(c3cccc(C)n3)N2)cc1. The summed E-state index contributed by atoms with van der Waals surface area (Å²) in [7, 11) is 0. The third kappa shape index (κ3) is 2.45. The summed E-state index contributed by atoms with van der Waals surface area (Å²) in [5, 5.41) is 2.06. The van der Waals surface area contributed by atoms with E-state index in [-0.39, 0.29) is 0 Å². The standard InChI is InChI=1S/C16H17N3/c1-12-6-8-14(9-7-12)15-10-11-19(18-15)16-5-3-4-13(2)17-16/h3-10,18H,11H2,1-2H3. The van der Waals surface area contributed by atoms with Gasteiger partial charge in [0, 0.05) is 5.69 Å². The third-order valence-electron chi connectivity index (χ3n) is 3.25. The van der Waals surface area contributed by atoms with Crippen molar-refractivity contribution < 1.29 is 0 Å². The van der Waals surface area contributed by atoms with Crippen LogP contribution in [0.4, 0.5) is 5.82 Å². The number of pyridine rings is 1. The number of hydrazine groups is 1. The van der Waals surface area contributed by atoms with Crippen LogP contribution in [0.5, 0.6) is 0 Å². The van der Waals surface area contributed by atoms with Crippen LogP contribution in [0, 0.1) is 13.8 Å². The molecule has 0 fully saturated rings. The Morgan fingerprint density at radius 3 is 2.58 bits per heavy atom. The maximum Gasteiger partial charge on any atom is 0.147 e. The first-order chi connectivity index (χ1) is 9.22. The summed E-state index contributed by atoms with van der Waals surface area (Å²) < 4.78 is 0. The van der Waals surface area contributed by atoms with E-state index in [0.717, 1.165) is 23.8 Å². The highest BCUT2D eigenvalue weighted by atomic mass is 15.5. The van der Waals surface area contributed by atoms with Gasteiger partial charge in [0.15, 0.2) is 0 Å². The second-order valence-corrected chi connectivity index (χ2v) is 4.84. The molecule has 2 aromatic rings. The molecule has 3 rings (SSSR count). The van der Waals surface area contributed by atoms with Crippen molar-refractivity contribution in [2.24, 2.45) is 0 Å². The van der Waals surface area contributed by atoms with Gasteiger partial charge in [-0.25, -0.2) is 4.98 Å². The fourth-order valence-electron chi connectivity index (χ4n) is 2.16. The molecule has 96 valence electrons. The molecule has 0 amide bonds. The molecule has 0 unspecified atom stereocenters. The van der Waals surface area contributed by atoms with Crippen LogP contribution >= 0.6 is 0 Å². The summed E-state index contributed by atoms with van der Waals surface area (Å²) in [4.78, 5) is 4.53. The van der Waals surface area contributed by atoms with Gasteiger partial charge in [-0.05, 0) is 37.6 Å². The first-order valence-corrected chi connectivity index (χ1v) is 6.47. The number of rotatable bonds is 2. The van der Waals surface area contributed by atoms with Crippen LogP contribution in [-0.4, -0.2) is 11.5 Å². The zero-order valence-corrected chi connectivity index (χ0v) is 11.2. The van der Waals surface area contributed by atoms with Crippen LogP contribution < -0.4 is 10.4 Å². The molecule has 0 saturated carbocycles. The van der Waals surface area contributed by atoms with Crippen LogP contribution in [0.15, 0.2) is 48.5 Å². The topological polar surface area (TPSA) is 28.2 Å². The summed E-state index contributed by atoms with van der Waals surface area (Å²) in [5.74, 6) is 0.957. The minimum atomic E-state index is 0.833. The van der Waals surface area contributed by atoms with E-state index < -0.39 is 0 Å². The number of hydrogen-bond donors (Lipinski definition) is 1. The van der Waals surface area contributed by atoms with Gasteiger partial charge in [-0.1, -0.05) is 35.9 Å². The highest BCUT2D eigenvalue weighted by molar-refractivity contribution is 5.69. The third-order valence-corrected chi connectivity index (χ3v) is 3.25. The molecular formula is C16H17N3. The predicted molar refractivity (Wildman–Crippen MR) is 78.6 cm³/mol. The molecule has 0 radical (unpaired) electrons. The van der Waals surface area contributed by atoms with Gasteiger partial charge in [-0.2, -0.15) is 0 Å². The number of aromatic nitrogens is 1. The second-order valence-electron chi connectivity index (χ2n) is 4.84. The second kappa shape index (κ2) is 4.76. The van der Waals surface area contributed by atoms with Gasteiger partial charge in [-0.15, -0.1) is 0 Å². The van der Waals surface area contributed by atoms with Crippen molar-refractivity contribution in [3.63, 3.8) is 0 Å². The Balaban J connectivity index is 1.78. The highest BCUT2D eigenvalue weighted by Crippen LogP contribution is 2.20. The van der Waals surface area contributed by atoms with Crippen LogP contribution in [0.2, 0.25) is 0 Å². The Bertz CT molecular complexity index is 614. The van der Waals surface area contributed by atoms with Crippen molar-refractivity contribution in [2.75, 3.05) is 11.6 Å². The van der Waals surface area contributed by atoms with E-state index in [4.69, 9.17) is 0 Å². The van der Waals surface area contributed by atoms with Gasteiger partial charge in [0.05, 0.1) is 12.2 Å². The molecule has 1 aromatic heterocycles. The van der Waals surface area contributed by atoms with Crippen LogP contribution in [0.3, 0.4) is 0 Å². The molecule has 0 saturated heterocycles. The summed E-state index contributed by atoms with van der Waals surface area (Å²) in [6.45, 7) is 4.94. The average molecular weight is 251 g/mol. The number of nitrogens with one attached hydrogen (secondary N) is 1. The Morgan fingerprint density at radius 1 is 1.05 bits per heavy atom. The van der Waals surface area contributed by atoms with E-state index in [1.165, 1.54) is 11.1 Å². The minimum absolute atomic E-state index is 0.833.